The predicted octanol–water partition coefficient (Wildman–Crippen LogP) is 1.98. The highest BCUT2D eigenvalue weighted by Gasteiger charge is 2.09. The SMILES string of the molecule is Cc1ccc2oc(=O)n(CC(P)P)c2c1. The van der Waals surface area contributed by atoms with E-state index in [1.54, 1.807) is 4.57 Å². The minimum absolute atomic E-state index is 0.268. The van der Waals surface area contributed by atoms with Gasteiger partial charge in [-0.25, -0.2) is 4.79 Å². The molecule has 2 rings (SSSR count). The van der Waals surface area contributed by atoms with Gasteiger partial charge in [0.05, 0.1) is 5.52 Å². The van der Waals surface area contributed by atoms with Crippen LogP contribution in [-0.2, 0) is 6.54 Å². The predicted molar refractivity (Wildman–Crippen MR) is 68.4 cm³/mol. The zero-order chi connectivity index (χ0) is 11.0. The maximum atomic E-state index is 11.6. The summed E-state index contributed by atoms with van der Waals surface area (Å²) in [5.41, 5.74) is 2.65. The van der Waals surface area contributed by atoms with E-state index in [1.165, 1.54) is 0 Å². The van der Waals surface area contributed by atoms with E-state index in [0.29, 0.717) is 12.1 Å². The van der Waals surface area contributed by atoms with E-state index in [4.69, 9.17) is 4.42 Å². The normalized spacial score (nSPS) is 11.5. The highest BCUT2D eigenvalue weighted by molar-refractivity contribution is 7.37. The summed E-state index contributed by atoms with van der Waals surface area (Å²) >= 11 is 0. The van der Waals surface area contributed by atoms with Crippen LogP contribution >= 0.6 is 18.5 Å². The molecule has 2 aromatic rings. The van der Waals surface area contributed by atoms with Crippen LogP contribution in [0.15, 0.2) is 27.4 Å². The van der Waals surface area contributed by atoms with Gasteiger partial charge in [0.2, 0.25) is 0 Å². The van der Waals surface area contributed by atoms with E-state index in [0.717, 1.165) is 11.1 Å². The first-order chi connectivity index (χ1) is 7.08. The molecule has 80 valence electrons. The lowest BCUT2D eigenvalue weighted by molar-refractivity contribution is 0.512. The maximum absolute atomic E-state index is 11.6. The van der Waals surface area contributed by atoms with Crippen molar-refractivity contribution < 1.29 is 4.42 Å². The number of fused-ring (bicyclic) bond motifs is 1. The number of nitrogens with zero attached hydrogens (tertiary/aromatic N) is 1. The second kappa shape index (κ2) is 4.08. The smallest absolute Gasteiger partial charge is 0.408 e. The van der Waals surface area contributed by atoms with Gasteiger partial charge < -0.3 is 4.42 Å². The molecule has 0 spiro atoms. The second-order valence-corrected chi connectivity index (χ2v) is 6.10. The Morgan fingerprint density at radius 2 is 2.20 bits per heavy atom. The van der Waals surface area contributed by atoms with Crippen LogP contribution in [0, 0.1) is 6.92 Å². The van der Waals surface area contributed by atoms with Crippen LogP contribution in [0.4, 0.5) is 0 Å². The molecule has 1 heterocycles. The molecule has 0 radical (unpaired) electrons. The number of benzene rings is 1. The van der Waals surface area contributed by atoms with Gasteiger partial charge in [0.25, 0.3) is 0 Å². The molecule has 0 N–H and O–H groups in total. The Morgan fingerprint density at radius 1 is 1.47 bits per heavy atom. The van der Waals surface area contributed by atoms with Crippen molar-refractivity contribution in [1.29, 1.82) is 0 Å². The van der Waals surface area contributed by atoms with Crippen LogP contribution < -0.4 is 5.76 Å². The van der Waals surface area contributed by atoms with Crippen molar-refractivity contribution in [3.05, 3.63) is 34.3 Å². The maximum Gasteiger partial charge on any atom is 0.419 e. The standard InChI is InChI=1S/C10H13NO2P2/c1-6-2-3-8-7(4-6)11(5-9(14)15)10(12)13-8/h2-4,9H,5,14-15H2,1H3. The topological polar surface area (TPSA) is 35.1 Å². The van der Waals surface area contributed by atoms with Gasteiger partial charge in [0.1, 0.15) is 0 Å². The molecule has 0 amide bonds. The first-order valence-electron chi connectivity index (χ1n) is 4.69. The summed E-state index contributed by atoms with van der Waals surface area (Å²) in [6.45, 7) is 2.63. The third-order valence-corrected chi connectivity index (χ3v) is 2.64. The molecule has 1 aromatic carbocycles. The second-order valence-electron chi connectivity index (χ2n) is 3.61. The summed E-state index contributed by atoms with van der Waals surface area (Å²) in [5, 5.41) is 0.268. The summed E-state index contributed by atoms with van der Waals surface area (Å²) in [7, 11) is 5.29. The molecule has 0 bridgehead atoms. The number of rotatable bonds is 2. The number of oxazole rings is 1. The minimum Gasteiger partial charge on any atom is -0.408 e. The van der Waals surface area contributed by atoms with E-state index < -0.39 is 0 Å². The van der Waals surface area contributed by atoms with Gasteiger partial charge in [0.15, 0.2) is 5.58 Å². The molecule has 0 saturated carbocycles. The highest BCUT2D eigenvalue weighted by atomic mass is 31.1. The summed E-state index contributed by atoms with van der Waals surface area (Å²) < 4.78 is 6.80. The van der Waals surface area contributed by atoms with Gasteiger partial charge in [-0.15, -0.1) is 18.5 Å². The van der Waals surface area contributed by atoms with Crippen molar-refractivity contribution in [3.8, 4) is 0 Å². The van der Waals surface area contributed by atoms with E-state index in [-0.39, 0.29) is 11.2 Å². The van der Waals surface area contributed by atoms with Gasteiger partial charge >= 0.3 is 5.76 Å². The molecule has 0 saturated heterocycles. The molecule has 5 heteroatoms. The number of aryl methyl sites for hydroxylation is 1. The van der Waals surface area contributed by atoms with Crippen molar-refractivity contribution >= 4 is 29.6 Å². The van der Waals surface area contributed by atoms with Crippen molar-refractivity contribution in [2.75, 3.05) is 0 Å². The number of aromatic nitrogens is 1. The fourth-order valence-corrected chi connectivity index (χ4v) is 1.98. The lowest BCUT2D eigenvalue weighted by Crippen LogP contribution is -2.17. The third kappa shape index (κ3) is 2.14. The molecular weight excluding hydrogens is 228 g/mol. The zero-order valence-electron chi connectivity index (χ0n) is 8.43. The van der Waals surface area contributed by atoms with Crippen LogP contribution in [-0.4, -0.2) is 9.97 Å². The van der Waals surface area contributed by atoms with E-state index >= 15 is 0 Å². The van der Waals surface area contributed by atoms with Crippen LogP contribution in [0.5, 0.6) is 0 Å². The summed E-state index contributed by atoms with van der Waals surface area (Å²) in [4.78, 5) is 11.6. The molecule has 15 heavy (non-hydrogen) atoms. The van der Waals surface area contributed by atoms with E-state index in [1.807, 2.05) is 25.1 Å². The van der Waals surface area contributed by atoms with Gasteiger partial charge in [0, 0.05) is 11.9 Å². The minimum atomic E-state index is -0.287. The van der Waals surface area contributed by atoms with E-state index in [9.17, 15) is 4.79 Å². The van der Waals surface area contributed by atoms with Crippen LogP contribution in [0.1, 0.15) is 5.56 Å². The van der Waals surface area contributed by atoms with Crippen molar-refractivity contribution in [2.24, 2.45) is 0 Å². The molecule has 2 atom stereocenters. The first kappa shape index (κ1) is 10.9. The van der Waals surface area contributed by atoms with Crippen molar-refractivity contribution in [1.82, 2.24) is 4.57 Å². The van der Waals surface area contributed by atoms with Crippen LogP contribution in [0.3, 0.4) is 0 Å². The quantitative estimate of drug-likeness (QED) is 0.753. The Hall–Kier alpha value is -0.650. The Bertz CT molecular complexity index is 542. The summed E-state index contributed by atoms with van der Waals surface area (Å²) in [6, 6.07) is 5.75. The molecule has 0 aliphatic carbocycles. The largest absolute Gasteiger partial charge is 0.419 e. The van der Waals surface area contributed by atoms with Crippen LogP contribution in [0.2, 0.25) is 0 Å². The molecule has 0 aliphatic heterocycles. The zero-order valence-corrected chi connectivity index (χ0v) is 10.7. The lowest BCUT2D eigenvalue weighted by atomic mass is 10.2. The van der Waals surface area contributed by atoms with E-state index in [2.05, 4.69) is 18.5 Å². The lowest BCUT2D eigenvalue weighted by Gasteiger charge is -2.04. The van der Waals surface area contributed by atoms with Crippen molar-refractivity contribution in [3.63, 3.8) is 0 Å². The molecule has 0 fully saturated rings. The molecular formula is C10H13NO2P2. The fourth-order valence-electron chi connectivity index (χ4n) is 1.56. The monoisotopic (exact) mass is 241 g/mol. The third-order valence-electron chi connectivity index (χ3n) is 2.22. The molecule has 3 nitrogen and oxygen atoms in total. The average molecular weight is 241 g/mol. The van der Waals surface area contributed by atoms with Crippen LogP contribution in [0.25, 0.3) is 11.1 Å². The summed E-state index contributed by atoms with van der Waals surface area (Å²) in [5.74, 6) is -0.287. The number of hydrogen-bond acceptors (Lipinski definition) is 2. The average Bonchev–Trinajstić information content (AvgIpc) is 2.43. The Labute approximate surface area is 92.3 Å². The Morgan fingerprint density at radius 3 is 2.87 bits per heavy atom. The Balaban J connectivity index is 2.65. The highest BCUT2D eigenvalue weighted by Crippen LogP contribution is 2.18. The molecule has 2 unspecified atom stereocenters. The van der Waals surface area contributed by atoms with Gasteiger partial charge in [-0.05, 0) is 24.6 Å². The summed E-state index contributed by atoms with van der Waals surface area (Å²) in [6.07, 6.45) is 0. The molecule has 1 aromatic heterocycles. The Kier molecular flexibility index (Phi) is 2.95. The van der Waals surface area contributed by atoms with Gasteiger partial charge in [-0.2, -0.15) is 0 Å². The first-order valence-corrected chi connectivity index (χ1v) is 6.02. The van der Waals surface area contributed by atoms with Crippen molar-refractivity contribution in [2.45, 2.75) is 18.9 Å². The molecule has 0 aliphatic rings. The van der Waals surface area contributed by atoms with Gasteiger partial charge in [-0.3, -0.25) is 4.57 Å². The van der Waals surface area contributed by atoms with Gasteiger partial charge in [-0.1, -0.05) is 6.07 Å². The number of hydrogen-bond donors (Lipinski definition) is 0. The fraction of sp³-hybridized carbons (Fsp3) is 0.300.